The standard InChI is InChI=1S/C16H15N5OS/c22-15(19-18-12-4-2-1-3-5-12)13-10-21(16-17-8-9-23-16)20-14(13)11-6-7-11/h1-5,8-11,18H,6-7H2,(H,19,22). The highest BCUT2D eigenvalue weighted by molar-refractivity contribution is 7.12. The Morgan fingerprint density at radius 2 is 2.09 bits per heavy atom. The topological polar surface area (TPSA) is 71.8 Å². The van der Waals surface area contributed by atoms with Crippen molar-refractivity contribution >= 4 is 22.9 Å². The van der Waals surface area contributed by atoms with Gasteiger partial charge in [-0.1, -0.05) is 18.2 Å². The molecular weight excluding hydrogens is 310 g/mol. The van der Waals surface area contributed by atoms with Gasteiger partial charge >= 0.3 is 0 Å². The van der Waals surface area contributed by atoms with E-state index >= 15 is 0 Å². The molecular formula is C16H15N5OS. The first-order chi connectivity index (χ1) is 11.3. The molecule has 1 aliphatic rings. The van der Waals surface area contributed by atoms with Gasteiger partial charge in [-0.05, 0) is 25.0 Å². The second-order valence-electron chi connectivity index (χ2n) is 5.41. The number of hydrazine groups is 1. The number of aromatic nitrogens is 3. The molecule has 4 rings (SSSR count). The van der Waals surface area contributed by atoms with Crippen LogP contribution in [0.5, 0.6) is 0 Å². The number of para-hydroxylation sites is 1. The molecule has 116 valence electrons. The Hall–Kier alpha value is -2.67. The lowest BCUT2D eigenvalue weighted by atomic mass is 10.2. The van der Waals surface area contributed by atoms with Gasteiger partial charge in [0.25, 0.3) is 5.91 Å². The van der Waals surface area contributed by atoms with E-state index in [1.54, 1.807) is 17.1 Å². The van der Waals surface area contributed by atoms with Gasteiger partial charge < -0.3 is 0 Å². The van der Waals surface area contributed by atoms with Crippen molar-refractivity contribution in [2.24, 2.45) is 0 Å². The summed E-state index contributed by atoms with van der Waals surface area (Å²) < 4.78 is 1.69. The number of nitrogens with one attached hydrogen (secondary N) is 2. The van der Waals surface area contributed by atoms with Crippen LogP contribution in [0.25, 0.3) is 5.13 Å². The molecule has 1 amide bonds. The molecule has 1 aromatic carbocycles. The van der Waals surface area contributed by atoms with Gasteiger partial charge in [0.2, 0.25) is 5.13 Å². The summed E-state index contributed by atoms with van der Waals surface area (Å²) in [4.78, 5) is 16.8. The molecule has 0 bridgehead atoms. The van der Waals surface area contributed by atoms with Crippen LogP contribution in [0.3, 0.4) is 0 Å². The predicted molar refractivity (Wildman–Crippen MR) is 88.7 cm³/mol. The Morgan fingerprint density at radius 3 is 2.78 bits per heavy atom. The van der Waals surface area contributed by atoms with Crippen LogP contribution in [-0.2, 0) is 0 Å². The number of hydrogen-bond acceptors (Lipinski definition) is 5. The minimum Gasteiger partial charge on any atom is -0.298 e. The first-order valence-corrected chi connectivity index (χ1v) is 8.30. The highest BCUT2D eigenvalue weighted by Gasteiger charge is 2.32. The highest BCUT2D eigenvalue weighted by atomic mass is 32.1. The molecule has 3 aromatic rings. The van der Waals surface area contributed by atoms with Gasteiger partial charge in [-0.25, -0.2) is 9.67 Å². The number of hydrogen-bond donors (Lipinski definition) is 2. The molecule has 0 unspecified atom stereocenters. The maximum atomic E-state index is 12.5. The fraction of sp³-hybridized carbons (Fsp3) is 0.188. The second kappa shape index (κ2) is 5.85. The number of rotatable bonds is 5. The zero-order valence-corrected chi connectivity index (χ0v) is 13.1. The van der Waals surface area contributed by atoms with Crippen LogP contribution in [0.1, 0.15) is 34.8 Å². The average Bonchev–Trinajstić information content (AvgIpc) is 3.12. The minimum atomic E-state index is -0.182. The lowest BCUT2D eigenvalue weighted by Crippen LogP contribution is -2.29. The van der Waals surface area contributed by atoms with Gasteiger partial charge in [0, 0.05) is 23.7 Å². The number of nitrogens with zero attached hydrogens (tertiary/aromatic N) is 3. The van der Waals surface area contributed by atoms with E-state index in [1.165, 1.54) is 11.3 Å². The number of carbonyl (C=O) groups excluding carboxylic acids is 1. The Morgan fingerprint density at radius 1 is 1.26 bits per heavy atom. The first-order valence-electron chi connectivity index (χ1n) is 7.42. The van der Waals surface area contributed by atoms with Crippen LogP contribution >= 0.6 is 11.3 Å². The molecule has 0 atom stereocenters. The van der Waals surface area contributed by atoms with Gasteiger partial charge in [-0.3, -0.25) is 15.6 Å². The van der Waals surface area contributed by atoms with Gasteiger partial charge in [0.05, 0.1) is 16.9 Å². The minimum absolute atomic E-state index is 0.182. The Balaban J connectivity index is 1.56. The monoisotopic (exact) mass is 325 g/mol. The summed E-state index contributed by atoms with van der Waals surface area (Å²) in [6, 6.07) is 9.52. The van der Waals surface area contributed by atoms with Gasteiger partial charge in [0.15, 0.2) is 0 Å². The number of amides is 1. The zero-order chi connectivity index (χ0) is 15.6. The molecule has 1 fully saturated rings. The molecule has 7 heteroatoms. The van der Waals surface area contributed by atoms with E-state index in [4.69, 9.17) is 0 Å². The fourth-order valence-corrected chi connectivity index (χ4v) is 2.93. The molecule has 0 radical (unpaired) electrons. The zero-order valence-electron chi connectivity index (χ0n) is 12.3. The average molecular weight is 325 g/mol. The van der Waals surface area contributed by atoms with E-state index in [-0.39, 0.29) is 5.91 Å². The lowest BCUT2D eigenvalue weighted by Gasteiger charge is -2.07. The van der Waals surface area contributed by atoms with Gasteiger partial charge in [-0.2, -0.15) is 5.10 Å². The maximum Gasteiger partial charge on any atom is 0.273 e. The van der Waals surface area contributed by atoms with E-state index < -0.39 is 0 Å². The molecule has 0 aliphatic heterocycles. The summed E-state index contributed by atoms with van der Waals surface area (Å²) in [6.45, 7) is 0. The summed E-state index contributed by atoms with van der Waals surface area (Å²) in [7, 11) is 0. The molecule has 1 saturated carbocycles. The lowest BCUT2D eigenvalue weighted by molar-refractivity contribution is 0.0961. The smallest absolute Gasteiger partial charge is 0.273 e. The molecule has 0 spiro atoms. The number of carbonyl (C=O) groups is 1. The molecule has 6 nitrogen and oxygen atoms in total. The number of anilines is 1. The van der Waals surface area contributed by atoms with Gasteiger partial charge in [0.1, 0.15) is 0 Å². The van der Waals surface area contributed by atoms with Crippen LogP contribution < -0.4 is 10.9 Å². The third-order valence-electron chi connectivity index (χ3n) is 3.66. The quantitative estimate of drug-likeness (QED) is 0.708. The number of thiazole rings is 1. The third-order valence-corrected chi connectivity index (χ3v) is 4.42. The van der Waals surface area contributed by atoms with Crippen molar-refractivity contribution in [1.29, 1.82) is 0 Å². The van der Waals surface area contributed by atoms with Crippen LogP contribution in [0, 0.1) is 0 Å². The van der Waals surface area contributed by atoms with Crippen molar-refractivity contribution in [3.63, 3.8) is 0 Å². The SMILES string of the molecule is O=C(NNc1ccccc1)c1cn(-c2nccs2)nc1C1CC1. The third kappa shape index (κ3) is 2.95. The van der Waals surface area contributed by atoms with Crippen LogP contribution in [-0.4, -0.2) is 20.7 Å². The van der Waals surface area contributed by atoms with Crippen LogP contribution in [0.4, 0.5) is 5.69 Å². The summed E-state index contributed by atoms with van der Waals surface area (Å²) in [6.07, 6.45) is 5.66. The molecule has 0 saturated heterocycles. The van der Waals surface area contributed by atoms with Crippen molar-refractivity contribution < 1.29 is 4.79 Å². The molecule has 2 N–H and O–H groups in total. The van der Waals surface area contributed by atoms with E-state index in [0.717, 1.165) is 29.4 Å². The van der Waals surface area contributed by atoms with Crippen molar-refractivity contribution in [3.8, 4) is 5.13 Å². The second-order valence-corrected chi connectivity index (χ2v) is 6.28. The van der Waals surface area contributed by atoms with Crippen molar-refractivity contribution in [1.82, 2.24) is 20.2 Å². The molecule has 2 aromatic heterocycles. The van der Waals surface area contributed by atoms with E-state index in [1.807, 2.05) is 35.7 Å². The summed E-state index contributed by atoms with van der Waals surface area (Å²) in [5.41, 5.74) is 7.95. The molecule has 23 heavy (non-hydrogen) atoms. The highest BCUT2D eigenvalue weighted by Crippen LogP contribution is 2.41. The largest absolute Gasteiger partial charge is 0.298 e. The maximum absolute atomic E-state index is 12.5. The summed E-state index contributed by atoms with van der Waals surface area (Å²) in [5.74, 6) is 0.201. The Labute approximate surface area is 137 Å². The van der Waals surface area contributed by atoms with E-state index in [0.29, 0.717) is 11.5 Å². The van der Waals surface area contributed by atoms with Crippen molar-refractivity contribution in [2.75, 3.05) is 5.43 Å². The fourth-order valence-electron chi connectivity index (χ4n) is 2.37. The molecule has 1 aliphatic carbocycles. The van der Waals surface area contributed by atoms with E-state index in [2.05, 4.69) is 20.9 Å². The molecule has 2 heterocycles. The Kier molecular flexibility index (Phi) is 3.55. The number of benzene rings is 1. The van der Waals surface area contributed by atoms with Crippen LogP contribution in [0.2, 0.25) is 0 Å². The normalized spacial score (nSPS) is 13.7. The van der Waals surface area contributed by atoms with Crippen molar-refractivity contribution in [2.45, 2.75) is 18.8 Å². The summed E-state index contributed by atoms with van der Waals surface area (Å²) >= 11 is 1.49. The van der Waals surface area contributed by atoms with Crippen molar-refractivity contribution in [3.05, 3.63) is 59.4 Å². The van der Waals surface area contributed by atoms with Gasteiger partial charge in [-0.15, -0.1) is 11.3 Å². The first kappa shape index (κ1) is 14.0. The Bertz CT molecular complexity index is 808. The van der Waals surface area contributed by atoms with Crippen LogP contribution in [0.15, 0.2) is 48.1 Å². The van der Waals surface area contributed by atoms with E-state index in [9.17, 15) is 4.79 Å². The summed E-state index contributed by atoms with van der Waals surface area (Å²) in [5, 5.41) is 7.23. The predicted octanol–water partition coefficient (Wildman–Crippen LogP) is 2.96.